The van der Waals surface area contributed by atoms with Crippen molar-refractivity contribution in [3.63, 3.8) is 0 Å². The lowest BCUT2D eigenvalue weighted by Crippen LogP contribution is -2.39. The fourth-order valence-corrected chi connectivity index (χ4v) is 4.61. The van der Waals surface area contributed by atoms with Gasteiger partial charge in [-0.2, -0.15) is 0 Å². The number of amides is 3. The molecule has 0 radical (unpaired) electrons. The predicted octanol–water partition coefficient (Wildman–Crippen LogP) is 6.99. The molecule has 7 nitrogen and oxygen atoms in total. The van der Waals surface area contributed by atoms with Gasteiger partial charge in [0.15, 0.2) is 0 Å². The van der Waals surface area contributed by atoms with Crippen LogP contribution in [0.4, 0.5) is 21.9 Å². The van der Waals surface area contributed by atoms with Gasteiger partial charge in [0.1, 0.15) is 11.5 Å². The van der Waals surface area contributed by atoms with Crippen molar-refractivity contribution >= 4 is 29.0 Å². The summed E-state index contributed by atoms with van der Waals surface area (Å²) in [5.74, 6) is 2.33. The molecule has 0 aliphatic carbocycles. The van der Waals surface area contributed by atoms with E-state index in [1.165, 1.54) is 0 Å². The lowest BCUT2D eigenvalue weighted by molar-refractivity contribution is -0.131. The van der Waals surface area contributed by atoms with Gasteiger partial charge in [0.25, 0.3) is 0 Å². The molecule has 0 aromatic heterocycles. The van der Waals surface area contributed by atoms with Crippen molar-refractivity contribution in [2.45, 2.75) is 45.6 Å². The molecule has 7 heteroatoms. The van der Waals surface area contributed by atoms with Crippen LogP contribution in [0.1, 0.15) is 39.5 Å². The number of hydrogen-bond donors (Lipinski definition) is 2. The lowest BCUT2D eigenvalue weighted by Gasteiger charge is -2.26. The molecule has 3 aromatic rings. The molecule has 38 heavy (non-hydrogen) atoms. The molecule has 1 fully saturated rings. The number of likely N-dealkylation sites (N-methyl/N-ethyl adjacent to an activating group) is 1. The normalized spacial score (nSPS) is 14.8. The van der Waals surface area contributed by atoms with E-state index in [2.05, 4.69) is 29.4 Å². The molecule has 3 aromatic carbocycles. The van der Waals surface area contributed by atoms with Gasteiger partial charge in [0, 0.05) is 43.6 Å². The number of nitrogens with zero attached hydrogens (tertiary/aromatic N) is 2. The van der Waals surface area contributed by atoms with E-state index in [0.717, 1.165) is 43.8 Å². The number of ether oxygens (including phenoxy) is 1. The highest BCUT2D eigenvalue weighted by molar-refractivity contribution is 5.99. The lowest BCUT2D eigenvalue weighted by atomic mass is 10.1. The van der Waals surface area contributed by atoms with Gasteiger partial charge in [0.2, 0.25) is 5.91 Å². The Morgan fingerprint density at radius 3 is 2.16 bits per heavy atom. The molecule has 0 bridgehead atoms. The smallest absolute Gasteiger partial charge is 0.323 e. The molecule has 0 spiro atoms. The van der Waals surface area contributed by atoms with Gasteiger partial charge in [-0.05, 0) is 79.4 Å². The summed E-state index contributed by atoms with van der Waals surface area (Å²) in [6.07, 6.45) is 3.63. The molecular weight excluding hydrogens is 476 g/mol. The van der Waals surface area contributed by atoms with Gasteiger partial charge in [-0.25, -0.2) is 4.79 Å². The Balaban J connectivity index is 1.23. The van der Waals surface area contributed by atoms with E-state index in [1.807, 2.05) is 78.7 Å². The maximum atomic E-state index is 12.6. The predicted molar refractivity (Wildman–Crippen MR) is 154 cm³/mol. The Kier molecular flexibility index (Phi) is 9.25. The Morgan fingerprint density at radius 2 is 1.53 bits per heavy atom. The third kappa shape index (κ3) is 7.75. The van der Waals surface area contributed by atoms with Crippen LogP contribution in [0.15, 0.2) is 78.9 Å². The molecule has 1 saturated heterocycles. The van der Waals surface area contributed by atoms with E-state index in [1.54, 1.807) is 12.1 Å². The van der Waals surface area contributed by atoms with E-state index in [4.69, 9.17) is 4.74 Å². The number of carbonyl (C=O) groups excluding carboxylic acids is 2. The zero-order valence-electron chi connectivity index (χ0n) is 22.5. The molecule has 4 rings (SSSR count). The number of carbonyl (C=O) groups is 2. The highest BCUT2D eigenvalue weighted by atomic mass is 16.5. The quantitative estimate of drug-likeness (QED) is 0.306. The van der Waals surface area contributed by atoms with Gasteiger partial charge < -0.3 is 25.2 Å². The second kappa shape index (κ2) is 13.0. The van der Waals surface area contributed by atoms with Crippen LogP contribution in [0.5, 0.6) is 11.5 Å². The third-order valence-electron chi connectivity index (χ3n) is 6.86. The zero-order chi connectivity index (χ0) is 26.9. The Labute approximate surface area is 225 Å². The highest BCUT2D eigenvalue weighted by Gasteiger charge is 2.28. The Morgan fingerprint density at radius 1 is 0.921 bits per heavy atom. The van der Waals surface area contributed by atoms with Crippen LogP contribution < -0.4 is 20.3 Å². The molecule has 1 heterocycles. The summed E-state index contributed by atoms with van der Waals surface area (Å²) >= 11 is 0. The Hall–Kier alpha value is -4.00. The van der Waals surface area contributed by atoms with E-state index >= 15 is 0 Å². The number of nitrogens with one attached hydrogen (secondary N) is 2. The maximum Gasteiger partial charge on any atom is 0.323 e. The first-order chi connectivity index (χ1) is 18.4. The molecule has 1 aliphatic heterocycles. The zero-order valence-corrected chi connectivity index (χ0v) is 22.5. The van der Waals surface area contributed by atoms with Gasteiger partial charge >= 0.3 is 6.03 Å². The number of anilines is 3. The van der Waals surface area contributed by atoms with E-state index < -0.39 is 0 Å². The number of urea groups is 1. The molecular formula is C31H38N4O3. The summed E-state index contributed by atoms with van der Waals surface area (Å²) in [5.41, 5.74) is 2.47. The molecule has 0 saturated carbocycles. The largest absolute Gasteiger partial charge is 0.457 e. The number of para-hydroxylation sites is 1. The van der Waals surface area contributed by atoms with E-state index in [-0.39, 0.29) is 18.0 Å². The van der Waals surface area contributed by atoms with Crippen LogP contribution >= 0.6 is 0 Å². The Bertz CT molecular complexity index is 1180. The topological polar surface area (TPSA) is 73.9 Å². The first-order valence-corrected chi connectivity index (χ1v) is 13.4. The van der Waals surface area contributed by atoms with Gasteiger partial charge in [-0.15, -0.1) is 0 Å². The highest BCUT2D eigenvalue weighted by Crippen LogP contribution is 2.26. The molecule has 1 aliphatic rings. The standard InChI is InChI=1S/C31H38N4O3/c1-23(2)8-7-11-30(36)34(3)27-20-21-35(22-27)26-16-12-24(13-17-26)32-31(37)33-25-14-18-29(19-15-25)38-28-9-5-4-6-10-28/h4-6,9-10,12-19,23,27H,7-8,11,20-22H2,1-3H3,(H2,32,33,37). The van der Waals surface area contributed by atoms with Crippen molar-refractivity contribution in [1.29, 1.82) is 0 Å². The summed E-state index contributed by atoms with van der Waals surface area (Å²) in [6.45, 7) is 6.12. The van der Waals surface area contributed by atoms with Crippen molar-refractivity contribution in [3.05, 3.63) is 78.9 Å². The fourth-order valence-electron chi connectivity index (χ4n) is 4.61. The van der Waals surface area contributed by atoms with Crippen molar-refractivity contribution in [3.8, 4) is 11.5 Å². The molecule has 2 N–H and O–H groups in total. The molecule has 3 amide bonds. The molecule has 200 valence electrons. The van der Waals surface area contributed by atoms with Crippen LogP contribution in [0.25, 0.3) is 0 Å². The number of benzene rings is 3. The van der Waals surface area contributed by atoms with E-state index in [0.29, 0.717) is 29.5 Å². The van der Waals surface area contributed by atoms with Crippen molar-refractivity contribution < 1.29 is 14.3 Å². The summed E-state index contributed by atoms with van der Waals surface area (Å²) in [6, 6.07) is 24.5. The van der Waals surface area contributed by atoms with Gasteiger partial charge in [-0.3, -0.25) is 4.79 Å². The van der Waals surface area contributed by atoms with Crippen molar-refractivity contribution in [1.82, 2.24) is 4.90 Å². The summed E-state index contributed by atoms with van der Waals surface area (Å²) in [4.78, 5) is 29.3. The molecule has 1 atom stereocenters. The minimum Gasteiger partial charge on any atom is -0.457 e. The fraction of sp³-hybridized carbons (Fsp3) is 0.355. The minimum absolute atomic E-state index is 0.231. The van der Waals surface area contributed by atoms with Crippen LogP contribution in [0.2, 0.25) is 0 Å². The maximum absolute atomic E-state index is 12.6. The van der Waals surface area contributed by atoms with Gasteiger partial charge in [-0.1, -0.05) is 38.5 Å². The monoisotopic (exact) mass is 514 g/mol. The second-order valence-electron chi connectivity index (χ2n) is 10.2. The first kappa shape index (κ1) is 27.0. The summed E-state index contributed by atoms with van der Waals surface area (Å²) < 4.78 is 5.79. The average molecular weight is 515 g/mol. The van der Waals surface area contributed by atoms with E-state index in [9.17, 15) is 9.59 Å². The average Bonchev–Trinajstić information content (AvgIpc) is 3.40. The number of hydrogen-bond acceptors (Lipinski definition) is 4. The SMILES string of the molecule is CC(C)CCCC(=O)N(C)C1CCN(c2ccc(NC(=O)Nc3ccc(Oc4ccccc4)cc3)cc2)C1. The van der Waals surface area contributed by atoms with Gasteiger partial charge in [0.05, 0.1) is 6.04 Å². The van der Waals surface area contributed by atoms with Crippen molar-refractivity contribution in [2.75, 3.05) is 35.7 Å². The summed E-state index contributed by atoms with van der Waals surface area (Å²) in [5, 5.41) is 5.73. The van der Waals surface area contributed by atoms with Crippen LogP contribution in [-0.2, 0) is 4.79 Å². The first-order valence-electron chi connectivity index (χ1n) is 13.4. The van der Waals surface area contributed by atoms with Crippen LogP contribution in [-0.4, -0.2) is 43.0 Å². The third-order valence-corrected chi connectivity index (χ3v) is 6.86. The van der Waals surface area contributed by atoms with Crippen LogP contribution in [0, 0.1) is 5.92 Å². The van der Waals surface area contributed by atoms with Crippen molar-refractivity contribution in [2.24, 2.45) is 5.92 Å². The number of rotatable bonds is 10. The minimum atomic E-state index is -0.312. The van der Waals surface area contributed by atoms with Crippen LogP contribution in [0.3, 0.4) is 0 Å². The second-order valence-corrected chi connectivity index (χ2v) is 10.2. The summed E-state index contributed by atoms with van der Waals surface area (Å²) in [7, 11) is 1.93. The molecule has 1 unspecified atom stereocenters.